The Morgan fingerprint density at radius 3 is 2.48 bits per heavy atom. The minimum atomic E-state index is 0.469. The Morgan fingerprint density at radius 1 is 1.14 bits per heavy atom. The monoisotopic (exact) mass is 349 g/mol. The summed E-state index contributed by atoms with van der Waals surface area (Å²) in [5, 5.41) is 0. The van der Waals surface area contributed by atoms with E-state index < -0.39 is 0 Å². The third-order valence-corrected chi connectivity index (χ3v) is 4.32. The molecular weight excluding hydrogens is 334 g/mol. The Hall–Kier alpha value is -1.82. The first-order valence-corrected chi connectivity index (χ1v) is 7.48. The maximum atomic E-state index is 6.00. The van der Waals surface area contributed by atoms with Crippen LogP contribution in [0.2, 0.25) is 0 Å². The van der Waals surface area contributed by atoms with Crippen molar-refractivity contribution in [1.29, 1.82) is 0 Å². The van der Waals surface area contributed by atoms with Gasteiger partial charge in [0, 0.05) is 11.5 Å². The minimum Gasteiger partial charge on any atom is -0.493 e. The summed E-state index contributed by atoms with van der Waals surface area (Å²) >= 11 is 3.48. The zero-order valence-electron chi connectivity index (χ0n) is 11.9. The first kappa shape index (κ1) is 14.1. The second kappa shape index (κ2) is 5.52. The highest BCUT2D eigenvalue weighted by molar-refractivity contribution is 9.10. The maximum absolute atomic E-state index is 6.00. The molecule has 1 aliphatic rings. The number of hydrogen-bond acceptors (Lipinski definition) is 5. The van der Waals surface area contributed by atoms with Crippen molar-refractivity contribution in [2.75, 3.05) is 20.0 Å². The van der Waals surface area contributed by atoms with E-state index >= 15 is 0 Å². The van der Waals surface area contributed by atoms with Gasteiger partial charge in [0.2, 0.25) is 0 Å². The van der Waals surface area contributed by atoms with E-state index in [0.29, 0.717) is 29.1 Å². The molecule has 1 aromatic carbocycles. The number of hydrogen-bond donors (Lipinski definition) is 1. The maximum Gasteiger partial charge on any atom is 0.161 e. The largest absolute Gasteiger partial charge is 0.493 e. The highest BCUT2D eigenvalue weighted by Crippen LogP contribution is 2.44. The fourth-order valence-electron chi connectivity index (χ4n) is 2.21. The molecule has 0 radical (unpaired) electrons. The first-order chi connectivity index (χ1) is 10.1. The second-order valence-corrected chi connectivity index (χ2v) is 5.77. The van der Waals surface area contributed by atoms with Gasteiger partial charge in [-0.05, 0) is 47.0 Å². The van der Waals surface area contributed by atoms with Gasteiger partial charge in [-0.3, -0.25) is 0 Å². The third kappa shape index (κ3) is 2.68. The van der Waals surface area contributed by atoms with Gasteiger partial charge in [0.1, 0.15) is 5.82 Å². The summed E-state index contributed by atoms with van der Waals surface area (Å²) in [6.07, 6.45) is 2.31. The van der Waals surface area contributed by atoms with Crippen LogP contribution >= 0.6 is 15.9 Å². The fourth-order valence-corrected chi connectivity index (χ4v) is 2.72. The molecule has 3 rings (SSSR count). The summed E-state index contributed by atoms with van der Waals surface area (Å²) in [4.78, 5) is 9.03. The highest BCUT2D eigenvalue weighted by atomic mass is 79.9. The van der Waals surface area contributed by atoms with Crippen molar-refractivity contribution in [3.05, 3.63) is 28.4 Å². The number of ether oxygens (including phenoxy) is 2. The van der Waals surface area contributed by atoms with Gasteiger partial charge >= 0.3 is 0 Å². The van der Waals surface area contributed by atoms with Gasteiger partial charge in [0.05, 0.1) is 24.4 Å². The van der Waals surface area contributed by atoms with E-state index in [1.807, 2.05) is 18.2 Å². The van der Waals surface area contributed by atoms with Crippen molar-refractivity contribution in [2.24, 2.45) is 0 Å². The third-order valence-electron chi connectivity index (χ3n) is 3.51. The number of nitrogens with zero attached hydrogens (tertiary/aromatic N) is 2. The lowest BCUT2D eigenvalue weighted by molar-refractivity contribution is 0.355. The van der Waals surface area contributed by atoms with Gasteiger partial charge in [-0.2, -0.15) is 0 Å². The Balaban J connectivity index is 2.08. The molecule has 0 atom stereocenters. The van der Waals surface area contributed by atoms with Crippen molar-refractivity contribution in [1.82, 2.24) is 9.97 Å². The number of methoxy groups -OCH3 is 2. The smallest absolute Gasteiger partial charge is 0.161 e. The van der Waals surface area contributed by atoms with E-state index in [1.54, 1.807) is 14.2 Å². The van der Waals surface area contributed by atoms with E-state index in [9.17, 15) is 0 Å². The standard InChI is InChI=1S/C15H16BrN3O2/c1-20-10-6-5-9(7-11(10)21-2)15-18-13(8-3-4-8)12(16)14(17)19-15/h5-8H,3-4H2,1-2H3,(H2,17,18,19). The molecule has 2 aromatic rings. The molecular formula is C15H16BrN3O2. The molecule has 1 saturated carbocycles. The quantitative estimate of drug-likeness (QED) is 0.915. The average Bonchev–Trinajstić information content (AvgIpc) is 3.33. The van der Waals surface area contributed by atoms with E-state index in [0.717, 1.165) is 28.6 Å². The lowest BCUT2D eigenvalue weighted by Crippen LogP contribution is -2.02. The van der Waals surface area contributed by atoms with Crippen LogP contribution in [0.3, 0.4) is 0 Å². The van der Waals surface area contributed by atoms with Gasteiger partial charge in [-0.1, -0.05) is 0 Å². The fraction of sp³-hybridized carbons (Fsp3) is 0.333. The predicted octanol–water partition coefficient (Wildman–Crippen LogP) is 3.38. The van der Waals surface area contributed by atoms with Crippen LogP contribution in [-0.2, 0) is 0 Å². The highest BCUT2D eigenvalue weighted by Gasteiger charge is 2.29. The van der Waals surface area contributed by atoms with Gasteiger partial charge in [-0.25, -0.2) is 9.97 Å². The van der Waals surface area contributed by atoms with Crippen LogP contribution in [0, 0.1) is 0 Å². The van der Waals surface area contributed by atoms with Gasteiger partial charge < -0.3 is 15.2 Å². The van der Waals surface area contributed by atoms with Gasteiger partial charge in [0.25, 0.3) is 0 Å². The van der Waals surface area contributed by atoms with Gasteiger partial charge in [-0.15, -0.1) is 0 Å². The average molecular weight is 350 g/mol. The van der Waals surface area contributed by atoms with Crippen LogP contribution < -0.4 is 15.2 Å². The van der Waals surface area contributed by atoms with Crippen LogP contribution in [0.4, 0.5) is 5.82 Å². The number of benzene rings is 1. The lowest BCUT2D eigenvalue weighted by atomic mass is 10.1. The number of halogens is 1. The number of aromatic nitrogens is 2. The number of nitrogens with two attached hydrogens (primary N) is 1. The molecule has 0 aliphatic heterocycles. The van der Waals surface area contributed by atoms with Crippen molar-refractivity contribution in [3.8, 4) is 22.9 Å². The molecule has 0 spiro atoms. The molecule has 0 saturated heterocycles. The first-order valence-electron chi connectivity index (χ1n) is 6.69. The summed E-state index contributed by atoms with van der Waals surface area (Å²) in [6, 6.07) is 5.60. The van der Waals surface area contributed by atoms with Crippen molar-refractivity contribution < 1.29 is 9.47 Å². The van der Waals surface area contributed by atoms with Crippen molar-refractivity contribution >= 4 is 21.7 Å². The Kier molecular flexibility index (Phi) is 3.71. The number of anilines is 1. The molecule has 1 fully saturated rings. The molecule has 1 aliphatic carbocycles. The normalized spacial score (nSPS) is 14.0. The molecule has 110 valence electrons. The zero-order chi connectivity index (χ0) is 15.0. The number of nitrogen functional groups attached to an aromatic ring is 1. The predicted molar refractivity (Wildman–Crippen MR) is 84.7 cm³/mol. The molecule has 0 bridgehead atoms. The Morgan fingerprint density at radius 2 is 1.86 bits per heavy atom. The summed E-state index contributed by atoms with van der Waals surface area (Å²) in [7, 11) is 3.21. The van der Waals surface area contributed by atoms with Crippen molar-refractivity contribution in [2.45, 2.75) is 18.8 Å². The van der Waals surface area contributed by atoms with E-state index in [-0.39, 0.29) is 0 Å². The summed E-state index contributed by atoms with van der Waals surface area (Å²) in [6.45, 7) is 0. The van der Waals surface area contributed by atoms with Crippen LogP contribution in [0.15, 0.2) is 22.7 Å². The minimum absolute atomic E-state index is 0.469. The van der Waals surface area contributed by atoms with Crippen LogP contribution in [0.25, 0.3) is 11.4 Å². The van der Waals surface area contributed by atoms with Crippen LogP contribution in [0.5, 0.6) is 11.5 Å². The SMILES string of the molecule is COc1ccc(-c2nc(N)c(Br)c(C3CC3)n2)cc1OC. The zero-order valence-corrected chi connectivity index (χ0v) is 13.5. The molecule has 6 heteroatoms. The lowest BCUT2D eigenvalue weighted by Gasteiger charge is -2.11. The summed E-state index contributed by atoms with van der Waals surface area (Å²) in [5.74, 6) is 2.89. The van der Waals surface area contributed by atoms with E-state index in [4.69, 9.17) is 15.2 Å². The van der Waals surface area contributed by atoms with Crippen LogP contribution in [-0.4, -0.2) is 24.2 Å². The summed E-state index contributed by atoms with van der Waals surface area (Å²) < 4.78 is 11.4. The van der Waals surface area contributed by atoms with Crippen molar-refractivity contribution in [3.63, 3.8) is 0 Å². The second-order valence-electron chi connectivity index (χ2n) is 4.98. The van der Waals surface area contributed by atoms with E-state index in [2.05, 4.69) is 25.9 Å². The topological polar surface area (TPSA) is 70.3 Å². The summed E-state index contributed by atoms with van der Waals surface area (Å²) in [5.41, 5.74) is 7.85. The molecule has 1 heterocycles. The molecule has 0 unspecified atom stereocenters. The van der Waals surface area contributed by atoms with Crippen LogP contribution in [0.1, 0.15) is 24.5 Å². The number of rotatable bonds is 4. The molecule has 2 N–H and O–H groups in total. The molecule has 21 heavy (non-hydrogen) atoms. The Bertz CT molecular complexity index is 687. The van der Waals surface area contributed by atoms with E-state index in [1.165, 1.54) is 0 Å². The Labute approximate surface area is 131 Å². The molecule has 1 aromatic heterocycles. The molecule has 5 nitrogen and oxygen atoms in total. The van der Waals surface area contributed by atoms with Gasteiger partial charge in [0.15, 0.2) is 17.3 Å². The molecule has 0 amide bonds.